The van der Waals surface area contributed by atoms with E-state index in [4.69, 9.17) is 11.1 Å². The van der Waals surface area contributed by atoms with Crippen molar-refractivity contribution in [2.75, 3.05) is 26.2 Å². The second-order valence-corrected chi connectivity index (χ2v) is 5.47. The van der Waals surface area contributed by atoms with Gasteiger partial charge in [-0.3, -0.25) is 15.2 Å². The molecule has 0 aromatic heterocycles. The Morgan fingerprint density at radius 1 is 1.35 bits per heavy atom. The molecular weight excluding hydrogens is 212 g/mol. The van der Waals surface area contributed by atoms with Crippen LogP contribution in [-0.4, -0.2) is 53.9 Å². The smallest absolute Gasteiger partial charge is 0.0921 e. The Morgan fingerprint density at radius 2 is 2.12 bits per heavy atom. The maximum atomic E-state index is 7.49. The van der Waals surface area contributed by atoms with Gasteiger partial charge in [0.25, 0.3) is 0 Å². The number of amidine groups is 1. The van der Waals surface area contributed by atoms with E-state index in [1.807, 2.05) is 0 Å². The van der Waals surface area contributed by atoms with E-state index in [0.29, 0.717) is 11.9 Å². The van der Waals surface area contributed by atoms with Crippen molar-refractivity contribution in [3.63, 3.8) is 0 Å². The molecule has 17 heavy (non-hydrogen) atoms. The SMILES string of the molecule is CCC(CC(=N)N)N1CCCN2CCCC2C1. The fourth-order valence-corrected chi connectivity index (χ4v) is 3.35. The Labute approximate surface area is 105 Å². The van der Waals surface area contributed by atoms with Gasteiger partial charge in [0.15, 0.2) is 0 Å². The van der Waals surface area contributed by atoms with E-state index in [0.717, 1.165) is 18.9 Å². The molecule has 3 N–H and O–H groups in total. The molecule has 0 bridgehead atoms. The topological polar surface area (TPSA) is 56.4 Å². The quantitative estimate of drug-likeness (QED) is 0.573. The summed E-state index contributed by atoms with van der Waals surface area (Å²) in [6.45, 7) is 7.13. The Hall–Kier alpha value is -0.610. The van der Waals surface area contributed by atoms with Gasteiger partial charge in [-0.25, -0.2) is 0 Å². The van der Waals surface area contributed by atoms with Crippen LogP contribution in [0.1, 0.15) is 39.0 Å². The van der Waals surface area contributed by atoms with E-state index in [9.17, 15) is 0 Å². The lowest BCUT2D eigenvalue weighted by Gasteiger charge is -2.32. The van der Waals surface area contributed by atoms with Crippen LogP contribution in [0.25, 0.3) is 0 Å². The van der Waals surface area contributed by atoms with Crippen molar-refractivity contribution in [1.82, 2.24) is 9.80 Å². The highest BCUT2D eigenvalue weighted by molar-refractivity contribution is 5.77. The van der Waals surface area contributed by atoms with Gasteiger partial charge in [0, 0.05) is 25.0 Å². The van der Waals surface area contributed by atoms with Gasteiger partial charge in [0.2, 0.25) is 0 Å². The third kappa shape index (κ3) is 3.19. The Bertz CT molecular complexity index is 266. The molecule has 4 nitrogen and oxygen atoms in total. The minimum atomic E-state index is 0.337. The summed E-state index contributed by atoms with van der Waals surface area (Å²) in [4.78, 5) is 5.23. The molecule has 0 aromatic carbocycles. The predicted molar refractivity (Wildman–Crippen MR) is 71.4 cm³/mol. The predicted octanol–water partition coefficient (Wildman–Crippen LogP) is 1.26. The van der Waals surface area contributed by atoms with Crippen LogP contribution in [0.2, 0.25) is 0 Å². The number of rotatable bonds is 4. The second kappa shape index (κ2) is 5.83. The first-order chi connectivity index (χ1) is 8.20. The molecule has 2 aliphatic rings. The molecule has 0 saturated carbocycles. The number of fused-ring (bicyclic) bond motifs is 1. The molecule has 2 saturated heterocycles. The van der Waals surface area contributed by atoms with E-state index in [1.54, 1.807) is 0 Å². The van der Waals surface area contributed by atoms with Gasteiger partial charge in [-0.2, -0.15) is 0 Å². The molecule has 2 fully saturated rings. The van der Waals surface area contributed by atoms with E-state index < -0.39 is 0 Å². The van der Waals surface area contributed by atoms with E-state index in [2.05, 4.69) is 16.7 Å². The monoisotopic (exact) mass is 238 g/mol. The highest BCUT2D eigenvalue weighted by Gasteiger charge is 2.30. The van der Waals surface area contributed by atoms with Gasteiger partial charge in [0.1, 0.15) is 0 Å². The minimum Gasteiger partial charge on any atom is -0.388 e. The molecule has 98 valence electrons. The minimum absolute atomic E-state index is 0.337. The van der Waals surface area contributed by atoms with Gasteiger partial charge < -0.3 is 5.73 Å². The second-order valence-electron chi connectivity index (χ2n) is 5.47. The third-order valence-corrected chi connectivity index (χ3v) is 4.28. The third-order valence-electron chi connectivity index (χ3n) is 4.28. The van der Waals surface area contributed by atoms with Crippen LogP contribution < -0.4 is 5.73 Å². The molecular formula is C13H26N4. The normalized spacial score (nSPS) is 28.6. The molecule has 2 rings (SSSR count). The number of hydrogen-bond acceptors (Lipinski definition) is 3. The lowest BCUT2D eigenvalue weighted by atomic mass is 10.1. The first kappa shape index (κ1) is 12.8. The molecule has 2 atom stereocenters. The van der Waals surface area contributed by atoms with Crippen LogP contribution in [0.15, 0.2) is 0 Å². The van der Waals surface area contributed by atoms with Gasteiger partial charge in [-0.05, 0) is 45.3 Å². The summed E-state index contributed by atoms with van der Waals surface area (Å²) in [6, 6.07) is 1.24. The summed E-state index contributed by atoms with van der Waals surface area (Å²) in [5, 5.41) is 7.49. The van der Waals surface area contributed by atoms with Crippen molar-refractivity contribution >= 4 is 5.84 Å². The average Bonchev–Trinajstić information content (AvgIpc) is 2.63. The molecule has 2 unspecified atom stereocenters. The molecule has 0 spiro atoms. The molecule has 0 aliphatic carbocycles. The largest absolute Gasteiger partial charge is 0.388 e. The van der Waals surface area contributed by atoms with Crippen molar-refractivity contribution < 1.29 is 0 Å². The Morgan fingerprint density at radius 3 is 2.82 bits per heavy atom. The maximum absolute atomic E-state index is 7.49. The fourth-order valence-electron chi connectivity index (χ4n) is 3.35. The van der Waals surface area contributed by atoms with Gasteiger partial charge >= 0.3 is 0 Å². The van der Waals surface area contributed by atoms with E-state index in [1.165, 1.54) is 45.4 Å². The van der Waals surface area contributed by atoms with E-state index >= 15 is 0 Å². The summed E-state index contributed by atoms with van der Waals surface area (Å²) in [7, 11) is 0. The fraction of sp³-hybridized carbons (Fsp3) is 0.923. The van der Waals surface area contributed by atoms with Gasteiger partial charge in [-0.1, -0.05) is 6.92 Å². The number of nitrogens with one attached hydrogen (secondary N) is 1. The zero-order valence-electron chi connectivity index (χ0n) is 11.0. The van der Waals surface area contributed by atoms with Crippen LogP contribution in [0, 0.1) is 5.41 Å². The number of hydrogen-bond donors (Lipinski definition) is 2. The summed E-state index contributed by atoms with van der Waals surface area (Å²) < 4.78 is 0. The van der Waals surface area contributed by atoms with Crippen molar-refractivity contribution in [2.45, 2.75) is 51.1 Å². The molecule has 0 amide bonds. The highest BCUT2D eigenvalue weighted by atomic mass is 15.3. The standard InChI is InChI=1S/C13H26N4/c1-2-11(9-13(14)15)17-8-4-7-16-6-3-5-12(16)10-17/h11-12H,2-10H2,1H3,(H3,14,15). The average molecular weight is 238 g/mol. The molecule has 0 radical (unpaired) electrons. The zero-order valence-corrected chi connectivity index (χ0v) is 11.0. The lowest BCUT2D eigenvalue weighted by Crippen LogP contribution is -2.43. The lowest BCUT2D eigenvalue weighted by molar-refractivity contribution is 0.171. The molecule has 2 heterocycles. The Balaban J connectivity index is 1.96. The molecule has 4 heteroatoms. The first-order valence-corrected chi connectivity index (χ1v) is 7.01. The number of nitrogens with two attached hydrogens (primary N) is 1. The summed E-state index contributed by atoms with van der Waals surface area (Å²) in [6.07, 6.45) is 5.83. The Kier molecular flexibility index (Phi) is 4.40. The summed E-state index contributed by atoms with van der Waals surface area (Å²) >= 11 is 0. The van der Waals surface area contributed by atoms with Crippen LogP contribution in [0.3, 0.4) is 0 Å². The van der Waals surface area contributed by atoms with Crippen LogP contribution in [-0.2, 0) is 0 Å². The van der Waals surface area contributed by atoms with Crippen molar-refractivity contribution in [3.05, 3.63) is 0 Å². The highest BCUT2D eigenvalue weighted by Crippen LogP contribution is 2.23. The van der Waals surface area contributed by atoms with Crippen LogP contribution in [0.4, 0.5) is 0 Å². The number of nitrogens with zero attached hydrogens (tertiary/aromatic N) is 2. The summed E-state index contributed by atoms with van der Waals surface area (Å²) in [5.74, 6) is 0.337. The zero-order chi connectivity index (χ0) is 12.3. The van der Waals surface area contributed by atoms with Crippen LogP contribution >= 0.6 is 0 Å². The van der Waals surface area contributed by atoms with Gasteiger partial charge in [-0.15, -0.1) is 0 Å². The maximum Gasteiger partial charge on any atom is 0.0921 e. The van der Waals surface area contributed by atoms with Crippen LogP contribution in [0.5, 0.6) is 0 Å². The molecule has 0 aromatic rings. The first-order valence-electron chi connectivity index (χ1n) is 7.01. The summed E-state index contributed by atoms with van der Waals surface area (Å²) in [5.41, 5.74) is 5.57. The molecule has 2 aliphatic heterocycles. The van der Waals surface area contributed by atoms with Crippen molar-refractivity contribution in [2.24, 2.45) is 5.73 Å². The van der Waals surface area contributed by atoms with E-state index in [-0.39, 0.29) is 0 Å². The van der Waals surface area contributed by atoms with Crippen molar-refractivity contribution in [1.29, 1.82) is 5.41 Å². The van der Waals surface area contributed by atoms with Gasteiger partial charge in [0.05, 0.1) is 5.84 Å². The van der Waals surface area contributed by atoms with Crippen molar-refractivity contribution in [3.8, 4) is 0 Å².